The normalized spacial score (nSPS) is 11.2. The lowest BCUT2D eigenvalue weighted by atomic mass is 10.1. The maximum atomic E-state index is 11.9. The third kappa shape index (κ3) is 13.2. The highest BCUT2D eigenvalue weighted by Crippen LogP contribution is 2.27. The topological polar surface area (TPSA) is 26.3 Å². The average molecular weight is 427 g/mol. The quantitative estimate of drug-likeness (QED) is 0.114. The second-order valence-electron chi connectivity index (χ2n) is 7.38. The lowest BCUT2D eigenvalue weighted by molar-refractivity contribution is -0.134. The van der Waals surface area contributed by atoms with Gasteiger partial charge in [0, 0.05) is 11.4 Å². The molecule has 28 heavy (non-hydrogen) atoms. The van der Waals surface area contributed by atoms with Gasteiger partial charge in [-0.1, -0.05) is 93.6 Å². The van der Waals surface area contributed by atoms with Crippen molar-refractivity contribution in [2.75, 3.05) is 0 Å². The number of hydrogen-bond acceptors (Lipinski definition) is 2. The molecule has 2 nitrogen and oxygen atoms in total. The van der Waals surface area contributed by atoms with Crippen LogP contribution in [0.15, 0.2) is 30.4 Å². The fraction of sp³-hybridized carbons (Fsp3) is 0.625. The minimum atomic E-state index is -0.234. The van der Waals surface area contributed by atoms with Gasteiger partial charge < -0.3 is 4.74 Å². The number of halogens is 2. The van der Waals surface area contributed by atoms with Gasteiger partial charge >= 0.3 is 5.97 Å². The Morgan fingerprint density at radius 1 is 0.857 bits per heavy atom. The summed E-state index contributed by atoms with van der Waals surface area (Å²) in [6.07, 6.45) is 21.2. The molecule has 0 heterocycles. The number of rotatable bonds is 16. The minimum absolute atomic E-state index is 0.234. The first kappa shape index (κ1) is 25.0. The van der Waals surface area contributed by atoms with Gasteiger partial charge in [0.1, 0.15) is 5.75 Å². The summed E-state index contributed by atoms with van der Waals surface area (Å²) in [5.74, 6) is 0.144. The largest absolute Gasteiger partial charge is 0.425 e. The number of carbonyl (C=O) groups is 1. The van der Waals surface area contributed by atoms with Crippen LogP contribution in [0.2, 0.25) is 10.0 Å². The lowest BCUT2D eigenvalue weighted by Crippen LogP contribution is -2.07. The van der Waals surface area contributed by atoms with Crippen molar-refractivity contribution in [2.24, 2.45) is 0 Å². The second kappa shape index (κ2) is 16.9. The molecule has 0 aliphatic rings. The molecule has 0 saturated heterocycles. The first-order valence-electron chi connectivity index (χ1n) is 10.9. The highest BCUT2D eigenvalue weighted by molar-refractivity contribution is 6.35. The van der Waals surface area contributed by atoms with Crippen molar-refractivity contribution in [3.63, 3.8) is 0 Å². The van der Waals surface area contributed by atoms with Crippen LogP contribution in [0.3, 0.4) is 0 Å². The molecule has 0 radical (unpaired) electrons. The number of carbonyl (C=O) groups excluding carboxylic acids is 1. The number of allylic oxidation sites excluding steroid dienone is 2. The first-order chi connectivity index (χ1) is 13.6. The van der Waals surface area contributed by atoms with E-state index in [1.165, 1.54) is 70.6 Å². The first-order valence-corrected chi connectivity index (χ1v) is 11.7. The SMILES string of the molecule is CCCCCCCC/C=C\CCCCCCCC(=O)Oc1ccc(Cl)cc1Cl. The summed E-state index contributed by atoms with van der Waals surface area (Å²) in [5, 5.41) is 0.896. The van der Waals surface area contributed by atoms with E-state index in [9.17, 15) is 4.79 Å². The number of benzene rings is 1. The molecular weight excluding hydrogens is 391 g/mol. The van der Waals surface area contributed by atoms with Crippen molar-refractivity contribution in [1.29, 1.82) is 0 Å². The Morgan fingerprint density at radius 2 is 1.43 bits per heavy atom. The van der Waals surface area contributed by atoms with Gasteiger partial charge in [0.2, 0.25) is 0 Å². The Morgan fingerprint density at radius 3 is 2.04 bits per heavy atom. The van der Waals surface area contributed by atoms with Crippen molar-refractivity contribution in [3.05, 3.63) is 40.4 Å². The standard InChI is InChI=1S/C24H36Cl2O2/c1-2-3-4-5-6-7-8-9-10-11-12-13-14-15-16-17-24(27)28-23-19-18-21(25)20-22(23)26/h9-10,18-20H,2-8,11-17H2,1H3/b10-9-. The molecule has 0 fully saturated rings. The molecule has 0 saturated carbocycles. The molecule has 0 aliphatic heterocycles. The Labute approximate surface area is 181 Å². The van der Waals surface area contributed by atoms with Crippen molar-refractivity contribution >= 4 is 29.2 Å². The Bertz CT molecular complexity index is 570. The van der Waals surface area contributed by atoms with Gasteiger partial charge in [0.05, 0.1) is 5.02 Å². The molecule has 158 valence electrons. The van der Waals surface area contributed by atoms with Crippen LogP contribution in [-0.2, 0) is 4.79 Å². The van der Waals surface area contributed by atoms with Crippen LogP contribution in [0.1, 0.15) is 96.8 Å². The smallest absolute Gasteiger partial charge is 0.311 e. The van der Waals surface area contributed by atoms with Crippen LogP contribution in [0.5, 0.6) is 5.75 Å². The Balaban J connectivity index is 1.92. The maximum absolute atomic E-state index is 11.9. The van der Waals surface area contributed by atoms with Gasteiger partial charge in [-0.2, -0.15) is 0 Å². The summed E-state index contributed by atoms with van der Waals surface area (Å²) in [6, 6.07) is 4.87. The Hall–Kier alpha value is -0.990. The van der Waals surface area contributed by atoms with Gasteiger partial charge in [0.25, 0.3) is 0 Å². The molecule has 0 bridgehead atoms. The molecule has 0 aromatic heterocycles. The summed E-state index contributed by atoms with van der Waals surface area (Å²) in [6.45, 7) is 2.26. The molecular formula is C24H36Cl2O2. The van der Waals surface area contributed by atoms with Crippen molar-refractivity contribution in [3.8, 4) is 5.75 Å². The van der Waals surface area contributed by atoms with Gasteiger partial charge in [-0.15, -0.1) is 0 Å². The summed E-state index contributed by atoms with van der Waals surface area (Å²) in [5.41, 5.74) is 0. The van der Waals surface area contributed by atoms with E-state index in [4.69, 9.17) is 27.9 Å². The third-order valence-corrected chi connectivity index (χ3v) is 5.29. The van der Waals surface area contributed by atoms with Crippen LogP contribution in [0.4, 0.5) is 0 Å². The summed E-state index contributed by atoms with van der Waals surface area (Å²) < 4.78 is 5.28. The molecule has 0 aliphatic carbocycles. The zero-order chi connectivity index (χ0) is 20.5. The molecule has 0 spiro atoms. The predicted octanol–water partition coefficient (Wildman–Crippen LogP) is 8.94. The van der Waals surface area contributed by atoms with E-state index in [1.54, 1.807) is 18.2 Å². The van der Waals surface area contributed by atoms with Crippen LogP contribution in [0, 0.1) is 0 Å². The van der Waals surface area contributed by atoms with Gasteiger partial charge in [-0.05, 0) is 50.3 Å². The van der Waals surface area contributed by atoms with Crippen molar-refractivity contribution in [1.82, 2.24) is 0 Å². The number of ether oxygens (including phenoxy) is 1. The van der Waals surface area contributed by atoms with Crippen molar-refractivity contribution < 1.29 is 9.53 Å². The maximum Gasteiger partial charge on any atom is 0.311 e. The van der Waals surface area contributed by atoms with Crippen LogP contribution < -0.4 is 4.74 Å². The van der Waals surface area contributed by atoms with E-state index < -0.39 is 0 Å². The monoisotopic (exact) mass is 426 g/mol. The van der Waals surface area contributed by atoms with Crippen LogP contribution in [-0.4, -0.2) is 5.97 Å². The molecule has 1 aromatic rings. The van der Waals surface area contributed by atoms with E-state index in [0.29, 0.717) is 22.2 Å². The summed E-state index contributed by atoms with van der Waals surface area (Å²) in [4.78, 5) is 11.9. The van der Waals surface area contributed by atoms with E-state index in [1.807, 2.05) is 0 Å². The lowest BCUT2D eigenvalue weighted by Gasteiger charge is -2.06. The molecule has 0 amide bonds. The van der Waals surface area contributed by atoms with Gasteiger partial charge in [0.15, 0.2) is 0 Å². The van der Waals surface area contributed by atoms with Gasteiger partial charge in [-0.3, -0.25) is 4.79 Å². The van der Waals surface area contributed by atoms with Crippen molar-refractivity contribution in [2.45, 2.75) is 96.8 Å². The van der Waals surface area contributed by atoms with Gasteiger partial charge in [-0.25, -0.2) is 0 Å². The molecule has 0 N–H and O–H groups in total. The molecule has 4 heteroatoms. The minimum Gasteiger partial charge on any atom is -0.425 e. The highest BCUT2D eigenvalue weighted by Gasteiger charge is 2.08. The highest BCUT2D eigenvalue weighted by atomic mass is 35.5. The number of hydrogen-bond donors (Lipinski definition) is 0. The second-order valence-corrected chi connectivity index (χ2v) is 8.23. The van der Waals surface area contributed by atoms with E-state index in [-0.39, 0.29) is 5.97 Å². The molecule has 1 aromatic carbocycles. The molecule has 1 rings (SSSR count). The average Bonchev–Trinajstić information content (AvgIpc) is 2.67. The van der Waals surface area contributed by atoms with E-state index >= 15 is 0 Å². The molecule has 0 unspecified atom stereocenters. The zero-order valence-corrected chi connectivity index (χ0v) is 18.9. The van der Waals surface area contributed by atoms with E-state index in [0.717, 1.165) is 12.8 Å². The van der Waals surface area contributed by atoms with Crippen LogP contribution >= 0.6 is 23.2 Å². The summed E-state index contributed by atoms with van der Waals surface area (Å²) >= 11 is 11.8. The predicted molar refractivity (Wildman–Crippen MR) is 122 cm³/mol. The fourth-order valence-electron chi connectivity index (χ4n) is 3.07. The zero-order valence-electron chi connectivity index (χ0n) is 17.4. The van der Waals surface area contributed by atoms with E-state index in [2.05, 4.69) is 19.1 Å². The third-order valence-electron chi connectivity index (χ3n) is 4.76. The summed E-state index contributed by atoms with van der Waals surface area (Å²) in [7, 11) is 0. The number of esters is 1. The molecule has 0 atom stereocenters. The Kier molecular flexibility index (Phi) is 15.1. The fourth-order valence-corrected chi connectivity index (χ4v) is 3.52. The van der Waals surface area contributed by atoms with Crippen LogP contribution in [0.25, 0.3) is 0 Å². The number of unbranched alkanes of at least 4 members (excludes halogenated alkanes) is 11.